The summed E-state index contributed by atoms with van der Waals surface area (Å²) in [5.74, 6) is 0. The maximum absolute atomic E-state index is 5.76. The molecule has 0 fully saturated rings. The first-order valence-corrected chi connectivity index (χ1v) is 4.73. The Balaban J connectivity index is 3.78. The van der Waals surface area contributed by atoms with Gasteiger partial charge in [-0.25, -0.2) is 0 Å². The number of hydrogen-bond donors (Lipinski definition) is 1. The monoisotopic (exact) mass is 169 g/mol. The standard InChI is InChI=1S/C11H23N/c1-9(2)6-7-11(4,5)8-10(3)12/h10H,1,6-8,12H2,2-5H3. The average Bonchev–Trinajstić information content (AvgIpc) is 1.81. The molecule has 0 aromatic carbocycles. The van der Waals surface area contributed by atoms with E-state index in [0.29, 0.717) is 11.5 Å². The second kappa shape index (κ2) is 4.66. The minimum absolute atomic E-state index is 0.310. The molecule has 1 unspecified atom stereocenters. The molecule has 1 nitrogen and oxygen atoms in total. The van der Waals surface area contributed by atoms with Crippen LogP contribution in [0.15, 0.2) is 12.2 Å². The maximum atomic E-state index is 5.76. The third kappa shape index (κ3) is 6.41. The highest BCUT2D eigenvalue weighted by atomic mass is 14.6. The van der Waals surface area contributed by atoms with Crippen molar-refractivity contribution in [3.05, 3.63) is 12.2 Å². The van der Waals surface area contributed by atoms with E-state index in [4.69, 9.17) is 5.73 Å². The molecule has 0 aliphatic carbocycles. The number of hydrogen-bond acceptors (Lipinski definition) is 1. The van der Waals surface area contributed by atoms with E-state index < -0.39 is 0 Å². The summed E-state index contributed by atoms with van der Waals surface area (Å²) < 4.78 is 0. The van der Waals surface area contributed by atoms with Crippen LogP contribution in [0.5, 0.6) is 0 Å². The average molecular weight is 169 g/mol. The maximum Gasteiger partial charge on any atom is 0.00155 e. The molecular weight excluding hydrogens is 146 g/mol. The second-order valence-electron chi connectivity index (χ2n) is 4.80. The van der Waals surface area contributed by atoms with Gasteiger partial charge in [-0.2, -0.15) is 0 Å². The highest BCUT2D eigenvalue weighted by Crippen LogP contribution is 2.28. The molecular formula is C11H23N. The molecule has 0 spiro atoms. The fraction of sp³-hybridized carbons (Fsp3) is 0.818. The van der Waals surface area contributed by atoms with Crippen LogP contribution in [0.25, 0.3) is 0 Å². The predicted octanol–water partition coefficient (Wildman–Crippen LogP) is 3.11. The Bertz CT molecular complexity index is 145. The van der Waals surface area contributed by atoms with Crippen molar-refractivity contribution < 1.29 is 0 Å². The van der Waals surface area contributed by atoms with Crippen molar-refractivity contribution in [2.45, 2.75) is 53.0 Å². The molecule has 0 bridgehead atoms. The zero-order valence-corrected chi connectivity index (χ0v) is 8.98. The molecule has 2 N–H and O–H groups in total. The van der Waals surface area contributed by atoms with Crippen LogP contribution in [-0.4, -0.2) is 6.04 Å². The smallest absolute Gasteiger partial charge is 0.00155 e. The third-order valence-corrected chi connectivity index (χ3v) is 2.10. The van der Waals surface area contributed by atoms with Gasteiger partial charge in [0.15, 0.2) is 0 Å². The molecule has 0 aliphatic rings. The Kier molecular flexibility index (Phi) is 4.54. The Hall–Kier alpha value is -0.300. The first-order valence-electron chi connectivity index (χ1n) is 4.73. The zero-order valence-electron chi connectivity index (χ0n) is 8.98. The SMILES string of the molecule is C=C(C)CCC(C)(C)CC(C)N. The van der Waals surface area contributed by atoms with Gasteiger partial charge in [0.05, 0.1) is 0 Å². The normalized spacial score (nSPS) is 14.4. The largest absolute Gasteiger partial charge is 0.328 e. The van der Waals surface area contributed by atoms with Crippen LogP contribution in [0.1, 0.15) is 47.0 Å². The van der Waals surface area contributed by atoms with Crippen molar-refractivity contribution in [1.82, 2.24) is 0 Å². The lowest BCUT2D eigenvalue weighted by molar-refractivity contribution is 0.287. The number of nitrogens with two attached hydrogens (primary N) is 1. The van der Waals surface area contributed by atoms with E-state index in [2.05, 4.69) is 34.3 Å². The molecule has 0 aliphatic heterocycles. The predicted molar refractivity (Wildman–Crippen MR) is 56.1 cm³/mol. The summed E-state index contributed by atoms with van der Waals surface area (Å²) in [6, 6.07) is 0.310. The van der Waals surface area contributed by atoms with Gasteiger partial charge in [0.25, 0.3) is 0 Å². The summed E-state index contributed by atoms with van der Waals surface area (Å²) in [5.41, 5.74) is 7.40. The summed E-state index contributed by atoms with van der Waals surface area (Å²) in [6.45, 7) is 12.6. The van der Waals surface area contributed by atoms with Gasteiger partial charge in [0.1, 0.15) is 0 Å². The van der Waals surface area contributed by atoms with Crippen LogP contribution >= 0.6 is 0 Å². The van der Waals surface area contributed by atoms with Gasteiger partial charge in [0, 0.05) is 6.04 Å². The quantitative estimate of drug-likeness (QED) is 0.629. The van der Waals surface area contributed by atoms with Crippen molar-refractivity contribution in [3.8, 4) is 0 Å². The summed E-state index contributed by atoms with van der Waals surface area (Å²) in [6.07, 6.45) is 3.42. The van der Waals surface area contributed by atoms with Crippen molar-refractivity contribution in [1.29, 1.82) is 0 Å². The van der Waals surface area contributed by atoms with E-state index in [-0.39, 0.29) is 0 Å². The highest BCUT2D eigenvalue weighted by Gasteiger charge is 2.18. The van der Waals surface area contributed by atoms with Gasteiger partial charge in [-0.3, -0.25) is 0 Å². The lowest BCUT2D eigenvalue weighted by Gasteiger charge is -2.26. The molecule has 0 amide bonds. The first-order chi connectivity index (χ1) is 5.33. The summed E-state index contributed by atoms with van der Waals surface area (Å²) in [5, 5.41) is 0. The van der Waals surface area contributed by atoms with Crippen molar-refractivity contribution in [2.24, 2.45) is 11.1 Å². The molecule has 0 saturated heterocycles. The lowest BCUT2D eigenvalue weighted by Crippen LogP contribution is -2.24. The summed E-state index contributed by atoms with van der Waals surface area (Å²) >= 11 is 0. The lowest BCUT2D eigenvalue weighted by atomic mass is 9.81. The van der Waals surface area contributed by atoms with E-state index in [1.165, 1.54) is 12.0 Å². The first kappa shape index (κ1) is 11.7. The van der Waals surface area contributed by atoms with E-state index in [9.17, 15) is 0 Å². The van der Waals surface area contributed by atoms with Crippen molar-refractivity contribution in [2.75, 3.05) is 0 Å². The molecule has 0 aromatic heterocycles. The van der Waals surface area contributed by atoms with Gasteiger partial charge in [0.2, 0.25) is 0 Å². The van der Waals surface area contributed by atoms with Crippen LogP contribution in [0.2, 0.25) is 0 Å². The fourth-order valence-electron chi connectivity index (χ4n) is 1.53. The van der Waals surface area contributed by atoms with E-state index in [1.807, 2.05) is 0 Å². The number of rotatable bonds is 5. The van der Waals surface area contributed by atoms with E-state index >= 15 is 0 Å². The zero-order chi connectivity index (χ0) is 9.78. The topological polar surface area (TPSA) is 26.0 Å². The summed E-state index contributed by atoms with van der Waals surface area (Å²) in [4.78, 5) is 0. The van der Waals surface area contributed by atoms with Gasteiger partial charge in [-0.1, -0.05) is 19.4 Å². The Labute approximate surface area is 77.0 Å². The van der Waals surface area contributed by atoms with Crippen molar-refractivity contribution >= 4 is 0 Å². The fourth-order valence-corrected chi connectivity index (χ4v) is 1.53. The Morgan fingerprint density at radius 2 is 2.00 bits per heavy atom. The molecule has 0 saturated carbocycles. The number of allylic oxidation sites excluding steroid dienone is 1. The molecule has 1 atom stereocenters. The molecule has 12 heavy (non-hydrogen) atoms. The Morgan fingerprint density at radius 1 is 1.50 bits per heavy atom. The highest BCUT2D eigenvalue weighted by molar-refractivity contribution is 4.90. The molecule has 0 rings (SSSR count). The van der Waals surface area contributed by atoms with Gasteiger partial charge >= 0.3 is 0 Å². The minimum Gasteiger partial charge on any atom is -0.328 e. The van der Waals surface area contributed by atoms with Gasteiger partial charge in [-0.05, 0) is 38.5 Å². The molecule has 1 heteroatoms. The van der Waals surface area contributed by atoms with Crippen LogP contribution in [0.4, 0.5) is 0 Å². The summed E-state index contributed by atoms with van der Waals surface area (Å²) in [7, 11) is 0. The Morgan fingerprint density at radius 3 is 2.33 bits per heavy atom. The van der Waals surface area contributed by atoms with Crippen LogP contribution < -0.4 is 5.73 Å². The van der Waals surface area contributed by atoms with Crippen LogP contribution in [0, 0.1) is 5.41 Å². The molecule has 0 aromatic rings. The van der Waals surface area contributed by atoms with Crippen LogP contribution in [-0.2, 0) is 0 Å². The molecule has 0 radical (unpaired) electrons. The van der Waals surface area contributed by atoms with E-state index in [0.717, 1.165) is 12.8 Å². The third-order valence-electron chi connectivity index (χ3n) is 2.10. The minimum atomic E-state index is 0.310. The van der Waals surface area contributed by atoms with Gasteiger partial charge < -0.3 is 5.73 Å². The molecule has 72 valence electrons. The van der Waals surface area contributed by atoms with Crippen molar-refractivity contribution in [3.63, 3.8) is 0 Å². The van der Waals surface area contributed by atoms with E-state index in [1.54, 1.807) is 0 Å². The second-order valence-corrected chi connectivity index (χ2v) is 4.80. The van der Waals surface area contributed by atoms with Crippen LogP contribution in [0.3, 0.4) is 0 Å². The molecule has 0 heterocycles. The van der Waals surface area contributed by atoms with Gasteiger partial charge in [-0.15, -0.1) is 6.58 Å².